The Bertz CT molecular complexity index is 1910. The molecule has 0 aliphatic heterocycles. The first-order valence-electron chi connectivity index (χ1n) is 15.5. The van der Waals surface area contributed by atoms with E-state index in [4.69, 9.17) is 4.74 Å². The monoisotopic (exact) mass is 748 g/mol. The maximum atomic E-state index is 12.3. The molecule has 0 atom stereocenters. The molecule has 0 N–H and O–H groups in total. The zero-order chi connectivity index (χ0) is 32.8. The van der Waals surface area contributed by atoms with Gasteiger partial charge in [-0.15, -0.1) is 0 Å². The van der Waals surface area contributed by atoms with Gasteiger partial charge in [-0.1, -0.05) is 109 Å². The molecule has 0 bridgehead atoms. The predicted octanol–water partition coefficient (Wildman–Crippen LogP) is -1.83. The van der Waals surface area contributed by atoms with Gasteiger partial charge < -0.3 is 18.4 Å². The van der Waals surface area contributed by atoms with E-state index in [0.29, 0.717) is 12.5 Å². The van der Waals surface area contributed by atoms with Crippen molar-refractivity contribution >= 4 is 62.7 Å². The smallest absolute Gasteiger partial charge is 0.744 e. The van der Waals surface area contributed by atoms with Crippen LogP contribution in [0, 0.1) is 0 Å². The van der Waals surface area contributed by atoms with Crippen LogP contribution in [0.4, 0.5) is 0 Å². The van der Waals surface area contributed by atoms with Gasteiger partial charge in [-0.3, -0.25) is 0 Å². The topological polar surface area (TPSA) is 181 Å². The predicted molar refractivity (Wildman–Crippen MR) is 170 cm³/mol. The maximum Gasteiger partial charge on any atom is 1.00 e. The van der Waals surface area contributed by atoms with Crippen LogP contribution in [-0.2, 0) is 30.4 Å². The average molecular weight is 749 g/mol. The Kier molecular flexibility index (Phi) is 20.0. The summed E-state index contributed by atoms with van der Waals surface area (Å²) in [5.74, 6) is 0.0305. The summed E-state index contributed by atoms with van der Waals surface area (Å²) in [6.07, 6.45) is 16.4. The third-order valence-electron chi connectivity index (χ3n) is 8.31. The summed E-state index contributed by atoms with van der Waals surface area (Å²) in [5.41, 5.74) is 0. The molecule has 0 aliphatic rings. The number of benzene rings is 4. The van der Waals surface area contributed by atoms with Gasteiger partial charge in [-0.25, -0.2) is 25.3 Å². The van der Waals surface area contributed by atoms with Crippen molar-refractivity contribution in [1.29, 1.82) is 0 Å². The van der Waals surface area contributed by atoms with Crippen LogP contribution in [0.2, 0.25) is 0 Å². The molecule has 0 spiro atoms. The number of hydrogen-bond donors (Lipinski definition) is 0. The third-order valence-corrected chi connectivity index (χ3v) is 10.9. The molecule has 0 saturated carbocycles. The summed E-state index contributed by atoms with van der Waals surface area (Å²) in [4.78, 5) is -2.54. The Hall–Kier alpha value is 0.450. The van der Waals surface area contributed by atoms with E-state index in [-0.39, 0.29) is 133 Å². The van der Waals surface area contributed by atoms with Crippen molar-refractivity contribution in [2.75, 3.05) is 6.61 Å². The molecule has 0 saturated heterocycles. The Balaban J connectivity index is 0.00000384. The Morgan fingerprint density at radius 2 is 0.792 bits per heavy atom. The van der Waals surface area contributed by atoms with E-state index in [0.717, 1.165) is 31.4 Å². The standard InChI is InChI=1S/C32H42O10S3.3Na/c1-2-3-4-5-6-7-8-9-10-11-12-13-14-15-20-42-27-21-28(43(33,34)35)24-18-19-26-30(45(39,40)41)22-29(44(36,37)38)25-17-16-23(27)31(24)32(25)26;;;/h16-19,21-22H,2-15,20H2,1H3,(H,33,34,35)(H,36,37,38)(H,39,40,41);;;/q;3*+1/p-3. The molecular weight excluding hydrogens is 710 g/mol. The van der Waals surface area contributed by atoms with Crippen LogP contribution < -0.4 is 93.4 Å². The summed E-state index contributed by atoms with van der Waals surface area (Å²) < 4.78 is 115. The fourth-order valence-corrected chi connectivity index (χ4v) is 8.25. The van der Waals surface area contributed by atoms with Gasteiger partial charge in [0.15, 0.2) is 0 Å². The van der Waals surface area contributed by atoms with Crippen molar-refractivity contribution in [3.8, 4) is 5.75 Å². The molecule has 0 aromatic heterocycles. The zero-order valence-electron chi connectivity index (χ0n) is 28.4. The zero-order valence-corrected chi connectivity index (χ0v) is 36.8. The second-order valence-corrected chi connectivity index (χ2v) is 15.7. The Morgan fingerprint density at radius 3 is 1.17 bits per heavy atom. The summed E-state index contributed by atoms with van der Waals surface area (Å²) in [6, 6.07) is 6.63. The van der Waals surface area contributed by atoms with Gasteiger partial charge in [0, 0.05) is 32.3 Å². The first-order chi connectivity index (χ1) is 21.2. The Labute approximate surface area is 351 Å². The van der Waals surface area contributed by atoms with Crippen molar-refractivity contribution in [1.82, 2.24) is 0 Å². The minimum atomic E-state index is -5.26. The van der Waals surface area contributed by atoms with Gasteiger partial charge >= 0.3 is 88.7 Å². The molecule has 0 heterocycles. The minimum absolute atomic E-state index is 0. The van der Waals surface area contributed by atoms with Crippen molar-refractivity contribution in [2.24, 2.45) is 0 Å². The fraction of sp³-hybridized carbons (Fsp3) is 0.500. The van der Waals surface area contributed by atoms with Crippen LogP contribution in [0.15, 0.2) is 51.1 Å². The molecule has 4 rings (SSSR count). The number of rotatable bonds is 19. The number of hydrogen-bond acceptors (Lipinski definition) is 10. The SMILES string of the molecule is CCCCCCCCCCCCCCCCOc1cc(S(=O)(=O)[O-])c2ccc3c(S(=O)(=O)[O-])cc(S(=O)(=O)[O-])c4ccc1c2c43.[Na+].[Na+].[Na+]. The van der Waals surface area contributed by atoms with Crippen LogP contribution >= 0.6 is 0 Å². The molecule has 0 unspecified atom stereocenters. The van der Waals surface area contributed by atoms with E-state index >= 15 is 0 Å². The molecule has 0 aliphatic carbocycles. The molecule has 4 aromatic carbocycles. The summed E-state index contributed by atoms with van der Waals surface area (Å²) in [6.45, 7) is 2.43. The van der Waals surface area contributed by atoms with Gasteiger partial charge in [0.2, 0.25) is 0 Å². The number of ether oxygens (including phenoxy) is 1. The van der Waals surface area contributed by atoms with Crippen LogP contribution in [0.25, 0.3) is 32.3 Å². The van der Waals surface area contributed by atoms with E-state index in [1.54, 1.807) is 0 Å². The van der Waals surface area contributed by atoms with Crippen molar-refractivity contribution < 1.29 is 132 Å². The summed E-state index contributed by atoms with van der Waals surface area (Å²) >= 11 is 0. The largest absolute Gasteiger partial charge is 1.00 e. The normalized spacial score (nSPS) is 12.2. The summed E-state index contributed by atoms with van der Waals surface area (Å²) in [7, 11) is -15.6. The summed E-state index contributed by atoms with van der Waals surface area (Å²) in [5, 5.41) is -0.378. The molecular formula is C32H39Na3O10S3. The molecule has 48 heavy (non-hydrogen) atoms. The quantitative estimate of drug-likeness (QED) is 0.0458. The van der Waals surface area contributed by atoms with Gasteiger partial charge in [0.1, 0.15) is 36.1 Å². The van der Waals surface area contributed by atoms with Crippen molar-refractivity contribution in [2.45, 2.75) is 112 Å². The van der Waals surface area contributed by atoms with E-state index < -0.39 is 45.0 Å². The van der Waals surface area contributed by atoms with E-state index in [1.165, 1.54) is 82.4 Å². The van der Waals surface area contributed by atoms with Crippen molar-refractivity contribution in [3.05, 3.63) is 36.4 Å². The van der Waals surface area contributed by atoms with Crippen molar-refractivity contribution in [3.63, 3.8) is 0 Å². The Morgan fingerprint density at radius 1 is 0.479 bits per heavy atom. The average Bonchev–Trinajstić information content (AvgIpc) is 2.96. The van der Waals surface area contributed by atoms with E-state index in [1.807, 2.05) is 0 Å². The van der Waals surface area contributed by atoms with E-state index in [2.05, 4.69) is 6.92 Å². The fourth-order valence-electron chi connectivity index (χ4n) is 6.08. The van der Waals surface area contributed by atoms with Crippen LogP contribution in [0.1, 0.15) is 96.8 Å². The second-order valence-electron chi connectivity index (χ2n) is 11.6. The first-order valence-corrected chi connectivity index (χ1v) is 19.8. The van der Waals surface area contributed by atoms with Gasteiger partial charge in [0.25, 0.3) is 0 Å². The van der Waals surface area contributed by atoms with Crippen LogP contribution in [0.5, 0.6) is 5.75 Å². The molecule has 0 fully saturated rings. The molecule has 0 radical (unpaired) electrons. The molecule has 248 valence electrons. The molecule has 0 amide bonds. The molecule has 16 heteroatoms. The van der Waals surface area contributed by atoms with Crippen LogP contribution in [0.3, 0.4) is 0 Å². The molecule has 4 aromatic rings. The molecule has 10 nitrogen and oxygen atoms in total. The third kappa shape index (κ3) is 12.0. The maximum absolute atomic E-state index is 12.3. The van der Waals surface area contributed by atoms with Gasteiger partial charge in [0.05, 0.1) is 21.3 Å². The van der Waals surface area contributed by atoms with Gasteiger partial charge in [-0.05, 0) is 24.6 Å². The van der Waals surface area contributed by atoms with Gasteiger partial charge in [-0.2, -0.15) is 0 Å². The second kappa shape index (κ2) is 20.6. The number of unbranched alkanes of at least 4 members (excludes halogenated alkanes) is 13. The first kappa shape index (κ1) is 46.5. The van der Waals surface area contributed by atoms with Crippen LogP contribution in [-0.4, -0.2) is 45.5 Å². The van der Waals surface area contributed by atoms with E-state index in [9.17, 15) is 38.9 Å². The minimum Gasteiger partial charge on any atom is -0.744 e.